The number of hydrogen-bond acceptors (Lipinski definition) is 8. The summed E-state index contributed by atoms with van der Waals surface area (Å²) < 4.78 is 12.3. The molecule has 0 N–H and O–H groups in total. The SMILES string of the molecule is Cc1ccc(Cn2nc(C)c(C(=O)OCc3nnc(-c4ccc([N+](=O)[O-])cc4)o3)c2Cl)cc1. The van der Waals surface area contributed by atoms with Gasteiger partial charge < -0.3 is 9.15 Å². The van der Waals surface area contributed by atoms with Gasteiger partial charge in [0.25, 0.3) is 11.6 Å². The molecule has 0 saturated heterocycles. The van der Waals surface area contributed by atoms with Crippen LogP contribution in [0.15, 0.2) is 52.9 Å². The predicted octanol–water partition coefficient (Wildman–Crippen LogP) is 4.52. The van der Waals surface area contributed by atoms with Crippen molar-refractivity contribution in [1.82, 2.24) is 20.0 Å². The lowest BCUT2D eigenvalue weighted by atomic mass is 10.1. The summed E-state index contributed by atoms with van der Waals surface area (Å²) in [7, 11) is 0. The van der Waals surface area contributed by atoms with Gasteiger partial charge in [-0.3, -0.25) is 10.1 Å². The minimum Gasteiger partial charge on any atom is -0.452 e. The van der Waals surface area contributed by atoms with Gasteiger partial charge in [-0.1, -0.05) is 41.4 Å². The fraction of sp³-hybridized carbons (Fsp3) is 0.182. The van der Waals surface area contributed by atoms with Crippen LogP contribution < -0.4 is 0 Å². The van der Waals surface area contributed by atoms with Crippen LogP contribution in [0, 0.1) is 24.0 Å². The molecule has 0 radical (unpaired) electrons. The predicted molar refractivity (Wildman–Crippen MR) is 118 cm³/mol. The number of non-ortho nitro benzene ring substituents is 1. The third-order valence-electron chi connectivity index (χ3n) is 4.84. The first-order valence-corrected chi connectivity index (χ1v) is 10.2. The maximum absolute atomic E-state index is 12.6. The molecule has 0 amide bonds. The maximum atomic E-state index is 12.6. The Labute approximate surface area is 192 Å². The van der Waals surface area contributed by atoms with Crippen LogP contribution in [0.1, 0.15) is 33.1 Å². The van der Waals surface area contributed by atoms with Gasteiger partial charge in [-0.15, -0.1) is 10.2 Å². The molecule has 0 spiro atoms. The van der Waals surface area contributed by atoms with Gasteiger partial charge in [0.05, 0.1) is 17.2 Å². The highest BCUT2D eigenvalue weighted by atomic mass is 35.5. The second-order valence-electron chi connectivity index (χ2n) is 7.28. The molecular weight excluding hydrogens is 450 g/mol. The van der Waals surface area contributed by atoms with Gasteiger partial charge >= 0.3 is 5.97 Å². The van der Waals surface area contributed by atoms with Gasteiger partial charge in [0.1, 0.15) is 10.7 Å². The van der Waals surface area contributed by atoms with Crippen molar-refractivity contribution in [3.05, 3.63) is 92.1 Å². The highest BCUT2D eigenvalue weighted by molar-refractivity contribution is 6.32. The lowest BCUT2D eigenvalue weighted by Crippen LogP contribution is -2.07. The van der Waals surface area contributed by atoms with Crippen molar-refractivity contribution in [2.75, 3.05) is 0 Å². The summed E-state index contributed by atoms with van der Waals surface area (Å²) in [5.41, 5.74) is 3.19. The molecular formula is C22H18ClN5O5. The largest absolute Gasteiger partial charge is 0.452 e. The second-order valence-corrected chi connectivity index (χ2v) is 7.63. The number of hydrogen-bond donors (Lipinski definition) is 0. The van der Waals surface area contributed by atoms with Crippen molar-refractivity contribution < 1.29 is 18.9 Å². The van der Waals surface area contributed by atoms with Gasteiger partial charge in [-0.2, -0.15) is 5.10 Å². The molecule has 10 nitrogen and oxygen atoms in total. The zero-order chi connectivity index (χ0) is 23.5. The first-order valence-electron chi connectivity index (χ1n) is 9.84. The molecule has 2 aromatic heterocycles. The van der Waals surface area contributed by atoms with Crippen LogP contribution in [0.5, 0.6) is 0 Å². The fourth-order valence-corrected chi connectivity index (χ4v) is 3.42. The maximum Gasteiger partial charge on any atom is 0.343 e. The molecule has 0 saturated carbocycles. The first kappa shape index (κ1) is 22.2. The summed E-state index contributed by atoms with van der Waals surface area (Å²) in [5, 5.41) is 23.0. The first-order chi connectivity index (χ1) is 15.8. The number of nitrogens with zero attached hydrogens (tertiary/aromatic N) is 5. The van der Waals surface area contributed by atoms with Crippen molar-refractivity contribution in [3.63, 3.8) is 0 Å². The van der Waals surface area contributed by atoms with E-state index in [0.29, 0.717) is 17.8 Å². The van der Waals surface area contributed by atoms with Crippen LogP contribution in [0.3, 0.4) is 0 Å². The molecule has 2 aromatic carbocycles. The number of halogens is 1. The van der Waals surface area contributed by atoms with Crippen molar-refractivity contribution in [3.8, 4) is 11.5 Å². The minimum absolute atomic E-state index is 0.0532. The zero-order valence-electron chi connectivity index (χ0n) is 17.7. The Hall–Kier alpha value is -4.05. The van der Waals surface area contributed by atoms with Crippen molar-refractivity contribution in [1.29, 1.82) is 0 Å². The molecule has 0 fully saturated rings. The van der Waals surface area contributed by atoms with Gasteiger partial charge in [-0.05, 0) is 31.5 Å². The number of carbonyl (C=O) groups excluding carboxylic acids is 1. The monoisotopic (exact) mass is 467 g/mol. The number of aryl methyl sites for hydroxylation is 2. The molecule has 33 heavy (non-hydrogen) atoms. The third kappa shape index (κ3) is 4.90. The molecule has 11 heteroatoms. The van der Waals surface area contributed by atoms with Crippen LogP contribution >= 0.6 is 11.6 Å². The van der Waals surface area contributed by atoms with Gasteiger partial charge in [-0.25, -0.2) is 9.48 Å². The van der Waals surface area contributed by atoms with Gasteiger partial charge in [0.2, 0.25) is 5.89 Å². The van der Waals surface area contributed by atoms with Crippen LogP contribution in [-0.2, 0) is 17.9 Å². The third-order valence-corrected chi connectivity index (χ3v) is 5.23. The summed E-state index contributed by atoms with van der Waals surface area (Å²) in [5.74, 6) is -0.448. The van der Waals surface area contributed by atoms with E-state index in [1.165, 1.54) is 28.9 Å². The average Bonchev–Trinajstić information content (AvgIpc) is 3.38. The summed E-state index contributed by atoms with van der Waals surface area (Å²) in [4.78, 5) is 22.9. The van der Waals surface area contributed by atoms with E-state index in [1.807, 2.05) is 31.2 Å². The number of nitro benzene ring substituents is 1. The van der Waals surface area contributed by atoms with Gasteiger partial charge in [0.15, 0.2) is 6.61 Å². The van der Waals surface area contributed by atoms with E-state index in [9.17, 15) is 14.9 Å². The second kappa shape index (κ2) is 9.21. The molecule has 2 heterocycles. The highest BCUT2D eigenvalue weighted by Crippen LogP contribution is 2.24. The quantitative estimate of drug-likeness (QED) is 0.220. The molecule has 0 aliphatic rings. The number of ether oxygens (including phenoxy) is 1. The Morgan fingerprint density at radius 3 is 2.48 bits per heavy atom. The normalized spacial score (nSPS) is 10.9. The summed E-state index contributed by atoms with van der Waals surface area (Å²) in [6, 6.07) is 13.6. The standard InChI is InChI=1S/C22H18ClN5O5/c1-13-3-5-15(6-4-13)11-27-20(23)19(14(2)26-27)22(29)32-12-18-24-25-21(33-18)16-7-9-17(10-8-16)28(30)31/h3-10H,11-12H2,1-2H3. The van der Waals surface area contributed by atoms with Crippen LogP contribution in [-0.4, -0.2) is 30.9 Å². The van der Waals surface area contributed by atoms with E-state index < -0.39 is 10.9 Å². The van der Waals surface area contributed by atoms with E-state index in [0.717, 1.165) is 11.1 Å². The Bertz CT molecular complexity index is 1310. The number of nitro groups is 1. The Morgan fingerprint density at radius 2 is 1.82 bits per heavy atom. The Kier molecular flexibility index (Phi) is 6.18. The molecule has 0 aliphatic carbocycles. The average molecular weight is 468 g/mol. The van der Waals surface area contributed by atoms with E-state index in [-0.39, 0.29) is 34.8 Å². The molecule has 0 atom stereocenters. The van der Waals surface area contributed by atoms with E-state index in [4.69, 9.17) is 20.8 Å². The molecule has 4 rings (SSSR count). The number of rotatable bonds is 7. The zero-order valence-corrected chi connectivity index (χ0v) is 18.4. The molecule has 168 valence electrons. The Balaban J connectivity index is 1.42. The molecule has 0 unspecified atom stereocenters. The summed E-state index contributed by atoms with van der Waals surface area (Å²) >= 11 is 6.41. The van der Waals surface area contributed by atoms with Crippen LogP contribution in [0.4, 0.5) is 5.69 Å². The van der Waals surface area contributed by atoms with Crippen molar-refractivity contribution in [2.24, 2.45) is 0 Å². The number of benzene rings is 2. The molecule has 0 bridgehead atoms. The number of esters is 1. The smallest absolute Gasteiger partial charge is 0.343 e. The summed E-state index contributed by atoms with van der Waals surface area (Å²) in [6.07, 6.45) is 0. The lowest BCUT2D eigenvalue weighted by Gasteiger charge is -2.05. The van der Waals surface area contributed by atoms with Gasteiger partial charge in [0, 0.05) is 17.7 Å². The van der Waals surface area contributed by atoms with E-state index >= 15 is 0 Å². The van der Waals surface area contributed by atoms with Crippen molar-refractivity contribution >= 4 is 23.3 Å². The summed E-state index contributed by atoms with van der Waals surface area (Å²) in [6.45, 7) is 3.82. The minimum atomic E-state index is -0.664. The lowest BCUT2D eigenvalue weighted by molar-refractivity contribution is -0.384. The van der Waals surface area contributed by atoms with Crippen LogP contribution in [0.25, 0.3) is 11.5 Å². The van der Waals surface area contributed by atoms with Crippen LogP contribution in [0.2, 0.25) is 5.15 Å². The van der Waals surface area contributed by atoms with Crippen molar-refractivity contribution in [2.45, 2.75) is 27.0 Å². The number of aromatic nitrogens is 4. The fourth-order valence-electron chi connectivity index (χ4n) is 3.11. The number of carbonyl (C=O) groups is 1. The highest BCUT2D eigenvalue weighted by Gasteiger charge is 2.23. The topological polar surface area (TPSA) is 126 Å². The molecule has 4 aromatic rings. The molecule has 0 aliphatic heterocycles. The Morgan fingerprint density at radius 1 is 1.12 bits per heavy atom. The van der Waals surface area contributed by atoms with E-state index in [1.54, 1.807) is 6.92 Å². The van der Waals surface area contributed by atoms with E-state index in [2.05, 4.69) is 15.3 Å².